The van der Waals surface area contributed by atoms with Crippen molar-refractivity contribution in [2.24, 2.45) is 0 Å². The molecule has 80 valence electrons. The lowest BCUT2D eigenvalue weighted by molar-refractivity contribution is 0.340. The number of anilines is 1. The lowest BCUT2D eigenvalue weighted by Gasteiger charge is -2.06. The number of nitrogens with zero attached hydrogens (tertiary/aromatic N) is 1. The van der Waals surface area contributed by atoms with Crippen LogP contribution < -0.4 is 10.5 Å². The topological polar surface area (TPSA) is 48.1 Å². The largest absolute Gasteiger partial charge is 0.494 e. The fourth-order valence-corrected chi connectivity index (χ4v) is 1.42. The fraction of sp³-hybridized carbons (Fsp3) is 0.154. The van der Waals surface area contributed by atoms with Crippen LogP contribution in [0, 0.1) is 12.1 Å². The molecule has 0 saturated heterocycles. The van der Waals surface area contributed by atoms with Gasteiger partial charge in [-0.1, -0.05) is 18.2 Å². The van der Waals surface area contributed by atoms with Crippen molar-refractivity contribution in [1.82, 2.24) is 4.98 Å². The SMILES string of the molecule is CCOc1cc(N)nc(-c2c#cccc2)c1. The maximum atomic E-state index is 5.71. The van der Waals surface area contributed by atoms with Gasteiger partial charge in [0.2, 0.25) is 0 Å². The Bertz CT molecular complexity index is 469. The van der Waals surface area contributed by atoms with Crippen LogP contribution >= 0.6 is 0 Å². The summed E-state index contributed by atoms with van der Waals surface area (Å²) in [5.74, 6) is 1.17. The molecule has 2 rings (SSSR count). The predicted molar refractivity (Wildman–Crippen MR) is 62.9 cm³/mol. The Hall–Kier alpha value is -2.21. The van der Waals surface area contributed by atoms with E-state index in [2.05, 4.69) is 17.1 Å². The normalized spacial score (nSPS) is 9.56. The second-order valence-corrected chi connectivity index (χ2v) is 3.25. The van der Waals surface area contributed by atoms with E-state index in [0.29, 0.717) is 12.4 Å². The highest BCUT2D eigenvalue weighted by Crippen LogP contribution is 2.22. The van der Waals surface area contributed by atoms with E-state index in [0.717, 1.165) is 17.0 Å². The summed E-state index contributed by atoms with van der Waals surface area (Å²) in [4.78, 5) is 4.23. The second-order valence-electron chi connectivity index (χ2n) is 3.25. The summed E-state index contributed by atoms with van der Waals surface area (Å²) in [7, 11) is 0. The van der Waals surface area contributed by atoms with Crippen molar-refractivity contribution in [2.75, 3.05) is 12.3 Å². The summed E-state index contributed by atoms with van der Waals surface area (Å²) in [6.45, 7) is 2.53. The van der Waals surface area contributed by atoms with Crippen molar-refractivity contribution in [3.63, 3.8) is 0 Å². The van der Waals surface area contributed by atoms with E-state index >= 15 is 0 Å². The van der Waals surface area contributed by atoms with Crippen molar-refractivity contribution in [1.29, 1.82) is 0 Å². The molecular formula is C13H12N2O. The zero-order chi connectivity index (χ0) is 11.4. The highest BCUT2D eigenvalue weighted by molar-refractivity contribution is 5.61. The van der Waals surface area contributed by atoms with Crippen molar-refractivity contribution in [3.8, 4) is 17.0 Å². The zero-order valence-corrected chi connectivity index (χ0v) is 9.03. The number of rotatable bonds is 3. The highest BCUT2D eigenvalue weighted by atomic mass is 16.5. The van der Waals surface area contributed by atoms with Crippen molar-refractivity contribution < 1.29 is 4.74 Å². The molecule has 1 aromatic heterocycles. The lowest BCUT2D eigenvalue weighted by Crippen LogP contribution is -1.97. The third kappa shape index (κ3) is 2.23. The van der Waals surface area contributed by atoms with E-state index in [1.54, 1.807) is 12.1 Å². The number of nitrogens with two attached hydrogens (primary N) is 1. The maximum Gasteiger partial charge on any atom is 0.127 e. The van der Waals surface area contributed by atoms with Gasteiger partial charge in [-0.05, 0) is 19.1 Å². The van der Waals surface area contributed by atoms with E-state index < -0.39 is 0 Å². The molecule has 1 heterocycles. The van der Waals surface area contributed by atoms with E-state index in [1.165, 1.54) is 0 Å². The number of ether oxygens (including phenoxy) is 1. The molecule has 1 aromatic carbocycles. The molecule has 0 saturated carbocycles. The van der Waals surface area contributed by atoms with Gasteiger partial charge in [-0.2, -0.15) is 0 Å². The molecule has 0 fully saturated rings. The molecule has 0 atom stereocenters. The molecule has 2 aromatic rings. The number of nitrogen functional groups attached to an aromatic ring is 1. The summed E-state index contributed by atoms with van der Waals surface area (Å²) < 4.78 is 5.40. The molecule has 3 heteroatoms. The number of hydrogen-bond acceptors (Lipinski definition) is 3. The Balaban J connectivity index is 2.41. The Kier molecular flexibility index (Phi) is 2.93. The number of pyridine rings is 1. The molecule has 3 nitrogen and oxygen atoms in total. The smallest absolute Gasteiger partial charge is 0.127 e. The van der Waals surface area contributed by atoms with Crippen molar-refractivity contribution >= 4 is 5.82 Å². The molecule has 0 aliphatic rings. The minimum Gasteiger partial charge on any atom is -0.494 e. The van der Waals surface area contributed by atoms with Gasteiger partial charge in [-0.15, -0.1) is 0 Å². The minimum absolute atomic E-state index is 0.443. The molecule has 16 heavy (non-hydrogen) atoms. The van der Waals surface area contributed by atoms with Crippen molar-refractivity contribution in [3.05, 3.63) is 42.5 Å². The van der Waals surface area contributed by atoms with Gasteiger partial charge in [0, 0.05) is 12.1 Å². The second kappa shape index (κ2) is 4.54. The van der Waals surface area contributed by atoms with Crippen LogP contribution in [0.2, 0.25) is 0 Å². The quantitative estimate of drug-likeness (QED) is 0.849. The molecule has 0 amide bonds. The maximum absolute atomic E-state index is 5.71. The van der Waals surface area contributed by atoms with Crippen LogP contribution in [-0.4, -0.2) is 11.6 Å². The van der Waals surface area contributed by atoms with Gasteiger partial charge in [-0.3, -0.25) is 0 Å². The Morgan fingerprint density at radius 3 is 3.00 bits per heavy atom. The van der Waals surface area contributed by atoms with Crippen LogP contribution in [0.25, 0.3) is 11.3 Å². The summed E-state index contributed by atoms with van der Waals surface area (Å²) in [6.07, 6.45) is 0. The third-order valence-corrected chi connectivity index (χ3v) is 2.05. The van der Waals surface area contributed by atoms with Crippen LogP contribution in [-0.2, 0) is 0 Å². The summed E-state index contributed by atoms with van der Waals surface area (Å²) >= 11 is 0. The number of hydrogen-bond donors (Lipinski definition) is 1. The first kappa shape index (κ1) is 10.3. The Morgan fingerprint density at radius 1 is 1.44 bits per heavy atom. The van der Waals surface area contributed by atoms with Gasteiger partial charge in [0.1, 0.15) is 11.6 Å². The molecule has 0 aliphatic heterocycles. The Morgan fingerprint density at radius 2 is 2.31 bits per heavy atom. The van der Waals surface area contributed by atoms with Crippen LogP contribution in [0.15, 0.2) is 30.3 Å². The number of aromatic nitrogens is 1. The first-order chi connectivity index (χ1) is 7.79. The summed E-state index contributed by atoms with van der Waals surface area (Å²) in [5, 5.41) is 0. The van der Waals surface area contributed by atoms with Crippen LogP contribution in [0.3, 0.4) is 0 Å². The molecule has 0 radical (unpaired) electrons. The molecule has 0 unspecified atom stereocenters. The lowest BCUT2D eigenvalue weighted by atomic mass is 10.2. The fourth-order valence-electron chi connectivity index (χ4n) is 1.42. The average molecular weight is 212 g/mol. The van der Waals surface area contributed by atoms with Gasteiger partial charge in [0.15, 0.2) is 0 Å². The standard InChI is InChI=1S/C13H12N2O/c1-2-16-11-8-12(15-13(14)9-11)10-6-4-3-5-7-10/h3-4,6,8-9H,2H2,1H3,(H2,14,15). The van der Waals surface area contributed by atoms with Crippen LogP contribution in [0.4, 0.5) is 5.82 Å². The van der Waals surface area contributed by atoms with Crippen LogP contribution in [0.5, 0.6) is 5.75 Å². The Labute approximate surface area is 94.9 Å². The predicted octanol–water partition coefficient (Wildman–Crippen LogP) is 2.33. The minimum atomic E-state index is 0.443. The average Bonchev–Trinajstić information content (AvgIpc) is 2.30. The van der Waals surface area contributed by atoms with E-state index in [-0.39, 0.29) is 0 Å². The highest BCUT2D eigenvalue weighted by Gasteiger charge is 2.03. The first-order valence-electron chi connectivity index (χ1n) is 5.08. The first-order valence-corrected chi connectivity index (χ1v) is 5.08. The van der Waals surface area contributed by atoms with E-state index in [4.69, 9.17) is 10.5 Å². The molecule has 0 bridgehead atoms. The van der Waals surface area contributed by atoms with Gasteiger partial charge < -0.3 is 10.5 Å². The van der Waals surface area contributed by atoms with E-state index in [9.17, 15) is 0 Å². The molecule has 2 N–H and O–H groups in total. The van der Waals surface area contributed by atoms with Gasteiger partial charge >= 0.3 is 0 Å². The summed E-state index contributed by atoms with van der Waals surface area (Å²) in [5.41, 5.74) is 7.32. The van der Waals surface area contributed by atoms with E-state index in [1.807, 2.05) is 25.1 Å². The molecule has 0 spiro atoms. The zero-order valence-electron chi connectivity index (χ0n) is 9.03. The van der Waals surface area contributed by atoms with Gasteiger partial charge in [0.25, 0.3) is 0 Å². The molecule has 0 aliphatic carbocycles. The van der Waals surface area contributed by atoms with Crippen molar-refractivity contribution in [2.45, 2.75) is 6.92 Å². The van der Waals surface area contributed by atoms with Crippen LogP contribution in [0.1, 0.15) is 6.92 Å². The summed E-state index contributed by atoms with van der Waals surface area (Å²) in [6, 6.07) is 15.0. The van der Waals surface area contributed by atoms with Gasteiger partial charge in [-0.25, -0.2) is 4.98 Å². The monoisotopic (exact) mass is 212 g/mol. The van der Waals surface area contributed by atoms with Gasteiger partial charge in [0.05, 0.1) is 17.9 Å². The molecular weight excluding hydrogens is 200 g/mol. The third-order valence-electron chi connectivity index (χ3n) is 2.05.